The van der Waals surface area contributed by atoms with E-state index in [1.165, 1.54) is 11.8 Å². The SMILES string of the molecule is Cc1ccc(COc2nc(C)cn3cc([N+](=O)[O-])nc23)cc1. The first-order valence-electron chi connectivity index (χ1n) is 6.72. The molecule has 0 radical (unpaired) electrons. The molecule has 0 unspecified atom stereocenters. The summed E-state index contributed by atoms with van der Waals surface area (Å²) in [7, 11) is 0. The molecular weight excluding hydrogens is 284 g/mol. The summed E-state index contributed by atoms with van der Waals surface area (Å²) in [6, 6.07) is 7.93. The number of hydrogen-bond donors (Lipinski definition) is 0. The van der Waals surface area contributed by atoms with Crippen LogP contribution >= 0.6 is 0 Å². The molecule has 0 saturated heterocycles. The van der Waals surface area contributed by atoms with Crippen molar-refractivity contribution in [3.63, 3.8) is 0 Å². The van der Waals surface area contributed by atoms with E-state index in [2.05, 4.69) is 9.97 Å². The van der Waals surface area contributed by atoms with Crippen molar-refractivity contribution < 1.29 is 9.66 Å². The zero-order valence-corrected chi connectivity index (χ0v) is 12.2. The van der Waals surface area contributed by atoms with Crippen molar-refractivity contribution in [3.8, 4) is 5.88 Å². The van der Waals surface area contributed by atoms with Gasteiger partial charge in [-0.1, -0.05) is 29.8 Å². The fraction of sp³-hybridized carbons (Fsp3) is 0.200. The molecule has 7 heteroatoms. The lowest BCUT2D eigenvalue weighted by atomic mass is 10.2. The summed E-state index contributed by atoms with van der Waals surface area (Å²) in [6.07, 6.45) is 3.02. The summed E-state index contributed by atoms with van der Waals surface area (Å²) in [6.45, 7) is 4.14. The van der Waals surface area contributed by atoms with Gasteiger partial charge in [0.25, 0.3) is 5.88 Å². The maximum Gasteiger partial charge on any atom is 0.382 e. The molecule has 0 spiro atoms. The molecule has 0 aliphatic carbocycles. The normalized spacial score (nSPS) is 10.8. The Balaban J connectivity index is 1.92. The van der Waals surface area contributed by atoms with Crippen LogP contribution in [0.1, 0.15) is 16.8 Å². The van der Waals surface area contributed by atoms with Crippen molar-refractivity contribution in [1.82, 2.24) is 14.4 Å². The number of nitro groups is 1. The van der Waals surface area contributed by atoms with Crippen LogP contribution in [0.2, 0.25) is 0 Å². The molecule has 0 aliphatic rings. The zero-order valence-electron chi connectivity index (χ0n) is 12.2. The van der Waals surface area contributed by atoms with Crippen LogP contribution in [-0.4, -0.2) is 19.3 Å². The Morgan fingerprint density at radius 3 is 2.59 bits per heavy atom. The molecule has 22 heavy (non-hydrogen) atoms. The highest BCUT2D eigenvalue weighted by atomic mass is 16.6. The van der Waals surface area contributed by atoms with Gasteiger partial charge in [-0.25, -0.2) is 4.98 Å². The molecule has 2 aromatic heterocycles. The van der Waals surface area contributed by atoms with Gasteiger partial charge < -0.3 is 14.9 Å². The average Bonchev–Trinajstić information content (AvgIpc) is 2.90. The molecule has 0 saturated carbocycles. The Hall–Kier alpha value is -2.96. The van der Waals surface area contributed by atoms with Gasteiger partial charge in [-0.15, -0.1) is 0 Å². The molecule has 0 fully saturated rings. The Bertz CT molecular complexity index is 840. The molecule has 2 heterocycles. The molecule has 112 valence electrons. The van der Waals surface area contributed by atoms with Crippen LogP contribution in [0, 0.1) is 24.0 Å². The van der Waals surface area contributed by atoms with Crippen LogP contribution in [-0.2, 0) is 6.61 Å². The van der Waals surface area contributed by atoms with Gasteiger partial charge in [0.15, 0.2) is 0 Å². The van der Waals surface area contributed by atoms with Crippen molar-refractivity contribution in [2.75, 3.05) is 0 Å². The number of ether oxygens (including phenoxy) is 1. The number of hydrogen-bond acceptors (Lipinski definition) is 5. The molecule has 3 aromatic rings. The molecule has 0 atom stereocenters. The summed E-state index contributed by atoms with van der Waals surface area (Å²) >= 11 is 0. The number of aryl methyl sites for hydroxylation is 2. The molecule has 1 aromatic carbocycles. The first-order chi connectivity index (χ1) is 10.5. The van der Waals surface area contributed by atoms with Crippen LogP contribution in [0.25, 0.3) is 5.65 Å². The van der Waals surface area contributed by atoms with E-state index in [0.29, 0.717) is 17.9 Å². The molecule has 0 bridgehead atoms. The number of aromatic nitrogens is 3. The van der Waals surface area contributed by atoms with Gasteiger partial charge in [0.2, 0.25) is 0 Å². The maximum atomic E-state index is 10.8. The Morgan fingerprint density at radius 1 is 1.18 bits per heavy atom. The zero-order chi connectivity index (χ0) is 15.7. The third-order valence-corrected chi connectivity index (χ3v) is 3.20. The van der Waals surface area contributed by atoms with Crippen molar-refractivity contribution in [2.45, 2.75) is 20.5 Å². The second-order valence-electron chi connectivity index (χ2n) is 5.05. The van der Waals surface area contributed by atoms with Crippen LogP contribution in [0.15, 0.2) is 36.7 Å². The number of nitrogens with zero attached hydrogens (tertiary/aromatic N) is 4. The summed E-state index contributed by atoms with van der Waals surface area (Å²) < 4.78 is 7.26. The first-order valence-corrected chi connectivity index (χ1v) is 6.72. The second kappa shape index (κ2) is 5.44. The van der Waals surface area contributed by atoms with E-state index in [1.807, 2.05) is 31.2 Å². The number of benzene rings is 1. The highest BCUT2D eigenvalue weighted by Crippen LogP contribution is 2.21. The molecular formula is C15H14N4O3. The minimum absolute atomic E-state index is 0.229. The predicted molar refractivity (Wildman–Crippen MR) is 79.9 cm³/mol. The van der Waals surface area contributed by atoms with E-state index in [-0.39, 0.29) is 11.7 Å². The van der Waals surface area contributed by atoms with Crippen LogP contribution < -0.4 is 4.74 Å². The van der Waals surface area contributed by atoms with Crippen molar-refractivity contribution in [2.24, 2.45) is 0 Å². The van der Waals surface area contributed by atoms with Crippen LogP contribution in [0.5, 0.6) is 5.88 Å². The monoisotopic (exact) mass is 298 g/mol. The lowest BCUT2D eigenvalue weighted by Crippen LogP contribution is -2.01. The van der Waals surface area contributed by atoms with Crippen molar-refractivity contribution in [1.29, 1.82) is 0 Å². The van der Waals surface area contributed by atoms with Gasteiger partial charge in [-0.3, -0.25) is 4.40 Å². The molecule has 7 nitrogen and oxygen atoms in total. The van der Waals surface area contributed by atoms with Gasteiger partial charge in [0.1, 0.15) is 12.8 Å². The quantitative estimate of drug-likeness (QED) is 0.546. The summed E-state index contributed by atoms with van der Waals surface area (Å²) in [5.74, 6) is 0.0567. The van der Waals surface area contributed by atoms with Crippen molar-refractivity contribution >= 4 is 11.5 Å². The van der Waals surface area contributed by atoms with Crippen LogP contribution in [0.3, 0.4) is 0 Å². The molecule has 0 amide bonds. The van der Waals surface area contributed by atoms with Gasteiger partial charge in [0.05, 0.1) is 5.69 Å². The first kappa shape index (κ1) is 14.0. The van der Waals surface area contributed by atoms with Gasteiger partial charge >= 0.3 is 11.5 Å². The highest BCUT2D eigenvalue weighted by molar-refractivity contribution is 5.53. The third kappa shape index (κ3) is 2.73. The van der Waals surface area contributed by atoms with Gasteiger partial charge in [-0.2, -0.15) is 0 Å². The second-order valence-corrected chi connectivity index (χ2v) is 5.05. The largest absolute Gasteiger partial charge is 0.469 e. The maximum absolute atomic E-state index is 10.8. The number of imidazole rings is 1. The highest BCUT2D eigenvalue weighted by Gasteiger charge is 2.19. The van der Waals surface area contributed by atoms with E-state index in [9.17, 15) is 10.1 Å². The fourth-order valence-electron chi connectivity index (χ4n) is 2.10. The predicted octanol–water partition coefficient (Wildman–Crippen LogP) is 2.83. The van der Waals surface area contributed by atoms with Gasteiger partial charge in [-0.05, 0) is 29.3 Å². The Kier molecular flexibility index (Phi) is 3.46. The van der Waals surface area contributed by atoms with Crippen LogP contribution in [0.4, 0.5) is 5.82 Å². The van der Waals surface area contributed by atoms with E-state index < -0.39 is 4.92 Å². The molecule has 3 rings (SSSR count). The number of fused-ring (bicyclic) bond motifs is 1. The summed E-state index contributed by atoms with van der Waals surface area (Å²) in [5, 5.41) is 10.8. The van der Waals surface area contributed by atoms with Crippen molar-refractivity contribution in [3.05, 3.63) is 63.6 Å². The minimum atomic E-state index is -0.536. The van der Waals surface area contributed by atoms with E-state index in [1.54, 1.807) is 17.5 Å². The third-order valence-electron chi connectivity index (χ3n) is 3.20. The minimum Gasteiger partial charge on any atom is -0.469 e. The molecule has 0 N–H and O–H groups in total. The topological polar surface area (TPSA) is 82.6 Å². The summed E-state index contributed by atoms with van der Waals surface area (Å²) in [4.78, 5) is 18.5. The van der Waals surface area contributed by atoms with E-state index in [4.69, 9.17) is 4.74 Å². The smallest absolute Gasteiger partial charge is 0.382 e. The molecule has 0 aliphatic heterocycles. The number of rotatable bonds is 4. The average molecular weight is 298 g/mol. The standard InChI is InChI=1S/C15H14N4O3/c1-10-3-5-12(6-4-10)9-22-15-14-17-13(19(20)21)8-18(14)7-11(2)16-15/h3-8H,9H2,1-2H3. The summed E-state index contributed by atoms with van der Waals surface area (Å²) in [5.41, 5.74) is 3.19. The fourth-order valence-corrected chi connectivity index (χ4v) is 2.10. The van der Waals surface area contributed by atoms with E-state index >= 15 is 0 Å². The Morgan fingerprint density at radius 2 is 1.91 bits per heavy atom. The van der Waals surface area contributed by atoms with Gasteiger partial charge in [0, 0.05) is 6.20 Å². The Labute approximate surface area is 126 Å². The van der Waals surface area contributed by atoms with E-state index in [0.717, 1.165) is 5.56 Å². The lowest BCUT2D eigenvalue weighted by Gasteiger charge is -2.06. The lowest BCUT2D eigenvalue weighted by molar-refractivity contribution is -0.389.